The maximum absolute atomic E-state index is 13.4. The zero-order chi connectivity index (χ0) is 20.2. The number of nitrogens with zero attached hydrogens (tertiary/aromatic N) is 2. The van der Waals surface area contributed by atoms with Gasteiger partial charge in [0, 0.05) is 5.38 Å². The summed E-state index contributed by atoms with van der Waals surface area (Å²) in [5, 5.41) is 6.21. The van der Waals surface area contributed by atoms with E-state index in [4.69, 9.17) is 4.74 Å². The molecule has 0 aliphatic heterocycles. The number of hydrazone groups is 1. The smallest absolute Gasteiger partial charge is 0.439 e. The van der Waals surface area contributed by atoms with E-state index in [0.717, 1.165) is 18.9 Å². The van der Waals surface area contributed by atoms with Crippen LogP contribution in [0, 0.1) is 6.92 Å². The second kappa shape index (κ2) is 8.03. The van der Waals surface area contributed by atoms with Crippen LogP contribution < -0.4 is 14.9 Å². The van der Waals surface area contributed by atoms with Crippen LogP contribution in [0.1, 0.15) is 11.3 Å². The Morgan fingerprint density at radius 3 is 2.48 bits per heavy atom. The van der Waals surface area contributed by atoms with Gasteiger partial charge in [-0.25, -0.2) is 9.37 Å². The molecule has 0 fully saturated rings. The Balaban J connectivity index is 2.13. The minimum atomic E-state index is -5.77. The zero-order valence-corrected chi connectivity index (χ0v) is 14.7. The number of alkyl halides is 6. The molecule has 1 unspecified atom stereocenters. The summed E-state index contributed by atoms with van der Waals surface area (Å²) in [6.07, 6.45) is -14.1. The third-order valence-corrected chi connectivity index (χ3v) is 3.87. The van der Waals surface area contributed by atoms with Crippen molar-refractivity contribution >= 4 is 22.7 Å². The highest BCUT2D eigenvalue weighted by atomic mass is 32.1. The molecule has 12 heteroatoms. The fourth-order valence-corrected chi connectivity index (χ4v) is 2.44. The minimum Gasteiger partial charge on any atom is -0.493 e. The van der Waals surface area contributed by atoms with Gasteiger partial charge in [0.25, 0.3) is 6.17 Å². The standard InChI is InChI=1S/C15H13F6N3O2S/c1-8-7-27-13(23-8)24-22-6-9-3-4-10(11(5-9)25-2)26-15(20,21)12(16)14(17,18)19/h3-7,12H,1-2H3,(H,23,24). The summed E-state index contributed by atoms with van der Waals surface area (Å²) in [4.78, 5) is 4.10. The van der Waals surface area contributed by atoms with Gasteiger partial charge in [-0.3, -0.25) is 5.43 Å². The second-order valence-corrected chi connectivity index (χ2v) is 6.00. The van der Waals surface area contributed by atoms with Gasteiger partial charge in [0.05, 0.1) is 19.0 Å². The molecule has 0 saturated heterocycles. The molecule has 0 aliphatic rings. The van der Waals surface area contributed by atoms with Gasteiger partial charge >= 0.3 is 12.3 Å². The quantitative estimate of drug-likeness (QED) is 0.403. The number of benzene rings is 1. The van der Waals surface area contributed by atoms with Crippen LogP contribution in [0.25, 0.3) is 0 Å². The predicted octanol–water partition coefficient (Wildman–Crippen LogP) is 4.78. The van der Waals surface area contributed by atoms with Gasteiger partial charge in [-0.2, -0.15) is 27.1 Å². The average Bonchev–Trinajstić information content (AvgIpc) is 2.99. The molecule has 0 saturated carbocycles. The van der Waals surface area contributed by atoms with E-state index in [1.54, 1.807) is 12.3 Å². The highest BCUT2D eigenvalue weighted by Gasteiger charge is 2.59. The van der Waals surface area contributed by atoms with Gasteiger partial charge in [0.15, 0.2) is 11.5 Å². The number of halogens is 6. The zero-order valence-electron chi connectivity index (χ0n) is 13.9. The molecule has 1 atom stereocenters. The van der Waals surface area contributed by atoms with Crippen molar-refractivity contribution in [3.63, 3.8) is 0 Å². The number of thiazole rings is 1. The summed E-state index contributed by atoms with van der Waals surface area (Å²) in [6, 6.07) is 3.34. The van der Waals surface area contributed by atoms with Crippen LogP contribution in [0.4, 0.5) is 31.5 Å². The van der Waals surface area contributed by atoms with E-state index in [1.807, 2.05) is 0 Å². The number of hydrogen-bond donors (Lipinski definition) is 1. The third kappa shape index (κ3) is 5.49. The van der Waals surface area contributed by atoms with Crippen molar-refractivity contribution in [2.75, 3.05) is 12.5 Å². The minimum absolute atomic E-state index is 0.321. The van der Waals surface area contributed by atoms with Crippen molar-refractivity contribution in [2.45, 2.75) is 25.4 Å². The lowest BCUT2D eigenvalue weighted by Crippen LogP contribution is -2.45. The van der Waals surface area contributed by atoms with Crippen molar-refractivity contribution in [3.05, 3.63) is 34.8 Å². The number of ether oxygens (including phenoxy) is 2. The first kappa shape index (κ1) is 20.8. The molecule has 1 aromatic heterocycles. The summed E-state index contributed by atoms with van der Waals surface area (Å²) in [5.41, 5.74) is 3.80. The lowest BCUT2D eigenvalue weighted by molar-refractivity contribution is -0.305. The van der Waals surface area contributed by atoms with Crippen LogP contribution in [0.2, 0.25) is 0 Å². The van der Waals surface area contributed by atoms with E-state index in [2.05, 4.69) is 20.2 Å². The Hall–Kier alpha value is -2.50. The highest BCUT2D eigenvalue weighted by Crippen LogP contribution is 2.39. The Labute approximate surface area is 153 Å². The Kier molecular flexibility index (Phi) is 6.19. The molecule has 0 radical (unpaired) electrons. The van der Waals surface area contributed by atoms with E-state index in [0.29, 0.717) is 10.7 Å². The second-order valence-electron chi connectivity index (χ2n) is 5.14. The van der Waals surface area contributed by atoms with E-state index < -0.39 is 24.2 Å². The normalized spacial score (nSPS) is 13.6. The number of anilines is 1. The van der Waals surface area contributed by atoms with Crippen molar-refractivity contribution in [2.24, 2.45) is 5.10 Å². The molecule has 2 rings (SSSR count). The first-order valence-electron chi connectivity index (χ1n) is 7.20. The Morgan fingerprint density at radius 2 is 1.93 bits per heavy atom. The molecule has 0 aliphatic carbocycles. The molecule has 1 aromatic carbocycles. The van der Waals surface area contributed by atoms with Crippen molar-refractivity contribution < 1.29 is 35.8 Å². The average molecular weight is 413 g/mol. The van der Waals surface area contributed by atoms with Crippen LogP contribution in [0.15, 0.2) is 28.7 Å². The summed E-state index contributed by atoms with van der Waals surface area (Å²) in [5.74, 6) is -1.08. The lowest BCUT2D eigenvalue weighted by Gasteiger charge is -2.24. The van der Waals surface area contributed by atoms with E-state index in [9.17, 15) is 26.3 Å². The van der Waals surface area contributed by atoms with E-state index >= 15 is 0 Å². The Morgan fingerprint density at radius 1 is 1.22 bits per heavy atom. The van der Waals surface area contributed by atoms with Gasteiger partial charge < -0.3 is 9.47 Å². The molecule has 0 bridgehead atoms. The summed E-state index contributed by atoms with van der Waals surface area (Å²) < 4.78 is 85.0. The van der Waals surface area contributed by atoms with Crippen molar-refractivity contribution in [1.29, 1.82) is 0 Å². The third-order valence-electron chi connectivity index (χ3n) is 3.01. The van der Waals surface area contributed by atoms with Gasteiger partial charge in [-0.05, 0) is 30.7 Å². The van der Waals surface area contributed by atoms with Gasteiger partial charge in [0.1, 0.15) is 0 Å². The molecule has 5 nitrogen and oxygen atoms in total. The molecule has 0 spiro atoms. The fraction of sp³-hybridized carbons (Fsp3) is 0.333. The fourth-order valence-electron chi connectivity index (χ4n) is 1.81. The summed E-state index contributed by atoms with van der Waals surface area (Å²) in [7, 11) is 1.09. The van der Waals surface area contributed by atoms with Crippen LogP contribution in [0.3, 0.4) is 0 Å². The highest BCUT2D eigenvalue weighted by molar-refractivity contribution is 7.13. The number of aryl methyl sites for hydroxylation is 1. The number of methoxy groups -OCH3 is 1. The number of aromatic nitrogens is 1. The molecule has 1 heterocycles. The number of rotatable bonds is 7. The largest absolute Gasteiger partial charge is 0.493 e. The monoisotopic (exact) mass is 413 g/mol. The molecule has 0 amide bonds. The first-order valence-corrected chi connectivity index (χ1v) is 8.07. The van der Waals surface area contributed by atoms with Gasteiger partial charge in [-0.15, -0.1) is 11.3 Å². The molecule has 1 N–H and O–H groups in total. The molecular formula is C15H13F6N3O2S. The SMILES string of the molecule is COc1cc(C=NNc2nc(C)cs2)ccc1OC(F)(F)C(F)C(F)(F)F. The molecule has 2 aromatic rings. The summed E-state index contributed by atoms with van der Waals surface area (Å²) in [6.45, 7) is 1.80. The van der Waals surface area contributed by atoms with Crippen LogP contribution >= 0.6 is 11.3 Å². The molecule has 148 valence electrons. The maximum Gasteiger partial charge on any atom is 0.439 e. The molecular weight excluding hydrogens is 400 g/mol. The van der Waals surface area contributed by atoms with E-state index in [-0.39, 0.29) is 5.75 Å². The Bertz CT molecular complexity index is 809. The van der Waals surface area contributed by atoms with Gasteiger partial charge in [-0.1, -0.05) is 0 Å². The predicted molar refractivity (Wildman–Crippen MR) is 87.6 cm³/mol. The van der Waals surface area contributed by atoms with Crippen molar-refractivity contribution in [3.8, 4) is 11.5 Å². The van der Waals surface area contributed by atoms with Gasteiger partial charge in [0.2, 0.25) is 5.13 Å². The topological polar surface area (TPSA) is 55.7 Å². The van der Waals surface area contributed by atoms with Crippen molar-refractivity contribution in [1.82, 2.24) is 4.98 Å². The maximum atomic E-state index is 13.4. The van der Waals surface area contributed by atoms with Crippen LogP contribution in [0.5, 0.6) is 11.5 Å². The molecule has 27 heavy (non-hydrogen) atoms. The number of hydrogen-bond acceptors (Lipinski definition) is 6. The van der Waals surface area contributed by atoms with Crippen LogP contribution in [-0.4, -0.2) is 36.8 Å². The number of nitrogens with one attached hydrogen (secondary N) is 1. The first-order chi connectivity index (χ1) is 12.5. The lowest BCUT2D eigenvalue weighted by atomic mass is 10.2. The van der Waals surface area contributed by atoms with Crippen LogP contribution in [-0.2, 0) is 0 Å². The summed E-state index contributed by atoms with van der Waals surface area (Å²) >= 11 is 1.31. The van der Waals surface area contributed by atoms with E-state index in [1.165, 1.54) is 29.7 Å².